The van der Waals surface area contributed by atoms with E-state index in [0.29, 0.717) is 30.0 Å². The van der Waals surface area contributed by atoms with Gasteiger partial charge in [0, 0.05) is 12.6 Å². The van der Waals surface area contributed by atoms with Gasteiger partial charge in [-0.25, -0.2) is 9.97 Å². The minimum Gasteiger partial charge on any atom is -0.466 e. The quantitative estimate of drug-likeness (QED) is 0.652. The van der Waals surface area contributed by atoms with E-state index in [-0.39, 0.29) is 5.97 Å². The van der Waals surface area contributed by atoms with Gasteiger partial charge >= 0.3 is 5.97 Å². The highest BCUT2D eigenvalue weighted by Gasteiger charge is 2.01. The average molecular weight is 274 g/mol. The van der Waals surface area contributed by atoms with Crippen LogP contribution in [0.25, 0.3) is 0 Å². The minimum atomic E-state index is -0.210. The lowest BCUT2D eigenvalue weighted by Gasteiger charge is -2.04. The van der Waals surface area contributed by atoms with E-state index in [1.54, 1.807) is 13.0 Å². The molecule has 1 aromatic rings. The summed E-state index contributed by atoms with van der Waals surface area (Å²) in [6.45, 7) is 2.70. The van der Waals surface area contributed by atoms with Crippen molar-refractivity contribution in [1.82, 2.24) is 9.97 Å². The van der Waals surface area contributed by atoms with Crippen molar-refractivity contribution >= 4 is 27.7 Å². The Morgan fingerprint density at radius 1 is 1.60 bits per heavy atom. The van der Waals surface area contributed by atoms with Crippen LogP contribution in [-0.2, 0) is 9.53 Å². The Kier molecular flexibility index (Phi) is 5.03. The van der Waals surface area contributed by atoms with Crippen LogP contribution < -0.4 is 5.32 Å². The fourth-order valence-corrected chi connectivity index (χ4v) is 1.26. The lowest BCUT2D eigenvalue weighted by atomic mass is 10.4. The second-order valence-corrected chi connectivity index (χ2v) is 3.52. The van der Waals surface area contributed by atoms with E-state index >= 15 is 0 Å². The first-order valence-electron chi connectivity index (χ1n) is 4.59. The van der Waals surface area contributed by atoms with E-state index in [9.17, 15) is 4.79 Å². The summed E-state index contributed by atoms with van der Waals surface area (Å²) in [6, 6.07) is 1.74. The predicted molar refractivity (Wildman–Crippen MR) is 59.5 cm³/mol. The molecular formula is C9H12BrN3O2. The van der Waals surface area contributed by atoms with Crippen LogP contribution in [0, 0.1) is 0 Å². The van der Waals surface area contributed by atoms with Gasteiger partial charge in [-0.2, -0.15) is 0 Å². The van der Waals surface area contributed by atoms with Gasteiger partial charge in [0.15, 0.2) is 0 Å². The molecule has 0 saturated carbocycles. The van der Waals surface area contributed by atoms with Crippen LogP contribution in [0.15, 0.2) is 17.0 Å². The highest BCUT2D eigenvalue weighted by Crippen LogP contribution is 2.09. The fraction of sp³-hybridized carbons (Fsp3) is 0.444. The first-order chi connectivity index (χ1) is 7.22. The largest absolute Gasteiger partial charge is 0.466 e. The van der Waals surface area contributed by atoms with Crippen LogP contribution in [-0.4, -0.2) is 29.1 Å². The third kappa shape index (κ3) is 4.73. The van der Waals surface area contributed by atoms with Crippen molar-refractivity contribution in [3.63, 3.8) is 0 Å². The molecule has 0 atom stereocenters. The molecule has 0 amide bonds. The Morgan fingerprint density at radius 2 is 2.40 bits per heavy atom. The van der Waals surface area contributed by atoms with Crippen LogP contribution in [0.1, 0.15) is 13.3 Å². The number of carbonyl (C=O) groups is 1. The van der Waals surface area contributed by atoms with E-state index in [1.807, 2.05) is 0 Å². The summed E-state index contributed by atoms with van der Waals surface area (Å²) in [5.74, 6) is 0.472. The van der Waals surface area contributed by atoms with E-state index in [2.05, 4.69) is 31.2 Å². The molecule has 15 heavy (non-hydrogen) atoms. The first-order valence-corrected chi connectivity index (χ1v) is 5.38. The molecule has 0 spiro atoms. The third-order valence-electron chi connectivity index (χ3n) is 1.57. The van der Waals surface area contributed by atoms with Gasteiger partial charge in [0.25, 0.3) is 0 Å². The monoisotopic (exact) mass is 273 g/mol. The van der Waals surface area contributed by atoms with Gasteiger partial charge in [-0.05, 0) is 22.9 Å². The number of esters is 1. The first kappa shape index (κ1) is 11.9. The summed E-state index contributed by atoms with van der Waals surface area (Å²) in [4.78, 5) is 18.9. The van der Waals surface area contributed by atoms with E-state index in [0.717, 1.165) is 0 Å². The third-order valence-corrected chi connectivity index (χ3v) is 2.01. The van der Waals surface area contributed by atoms with Crippen LogP contribution >= 0.6 is 15.9 Å². The molecule has 5 nitrogen and oxygen atoms in total. The van der Waals surface area contributed by atoms with Crippen molar-refractivity contribution in [3.8, 4) is 0 Å². The lowest BCUT2D eigenvalue weighted by molar-refractivity contribution is -0.142. The Morgan fingerprint density at radius 3 is 3.07 bits per heavy atom. The van der Waals surface area contributed by atoms with Gasteiger partial charge in [0.2, 0.25) is 0 Å². The average Bonchev–Trinajstić information content (AvgIpc) is 2.18. The predicted octanol–water partition coefficient (Wildman–Crippen LogP) is 1.60. The van der Waals surface area contributed by atoms with E-state index < -0.39 is 0 Å². The summed E-state index contributed by atoms with van der Waals surface area (Å²) in [5, 5.41) is 2.99. The highest BCUT2D eigenvalue weighted by atomic mass is 79.9. The zero-order chi connectivity index (χ0) is 11.1. The number of anilines is 1. The van der Waals surface area contributed by atoms with Crippen molar-refractivity contribution in [3.05, 3.63) is 17.0 Å². The standard InChI is InChI=1S/C9H12BrN3O2/c1-2-15-9(14)3-4-11-8-5-7(10)12-6-13-8/h5-6H,2-4H2,1H3,(H,11,12,13). The van der Waals surface area contributed by atoms with Gasteiger partial charge < -0.3 is 10.1 Å². The molecule has 0 aliphatic carbocycles. The summed E-state index contributed by atoms with van der Waals surface area (Å²) >= 11 is 3.23. The maximum absolute atomic E-state index is 11.0. The van der Waals surface area contributed by atoms with Gasteiger partial charge in [0.1, 0.15) is 16.7 Å². The van der Waals surface area contributed by atoms with Crippen LogP contribution in [0.4, 0.5) is 5.82 Å². The van der Waals surface area contributed by atoms with Crippen molar-refractivity contribution < 1.29 is 9.53 Å². The summed E-state index contributed by atoms with van der Waals surface area (Å²) < 4.78 is 5.49. The number of hydrogen-bond acceptors (Lipinski definition) is 5. The molecule has 1 aromatic heterocycles. The minimum absolute atomic E-state index is 0.210. The van der Waals surface area contributed by atoms with E-state index in [4.69, 9.17) is 4.74 Å². The van der Waals surface area contributed by atoms with E-state index in [1.165, 1.54) is 6.33 Å². The number of hydrogen-bond donors (Lipinski definition) is 1. The van der Waals surface area contributed by atoms with Gasteiger partial charge in [-0.1, -0.05) is 0 Å². The van der Waals surface area contributed by atoms with Crippen LogP contribution in [0.2, 0.25) is 0 Å². The second kappa shape index (κ2) is 6.34. The number of halogens is 1. The lowest BCUT2D eigenvalue weighted by Crippen LogP contribution is -2.11. The molecule has 0 aliphatic heterocycles. The smallest absolute Gasteiger partial charge is 0.307 e. The number of nitrogens with one attached hydrogen (secondary N) is 1. The molecule has 0 saturated heterocycles. The van der Waals surface area contributed by atoms with Crippen molar-refractivity contribution in [2.24, 2.45) is 0 Å². The Balaban J connectivity index is 2.28. The normalized spacial score (nSPS) is 9.73. The van der Waals surface area contributed by atoms with Crippen LogP contribution in [0.3, 0.4) is 0 Å². The summed E-state index contributed by atoms with van der Waals surface area (Å²) in [5.41, 5.74) is 0. The molecule has 1 N–H and O–H groups in total. The molecule has 0 bridgehead atoms. The molecular weight excluding hydrogens is 262 g/mol. The van der Waals surface area contributed by atoms with Crippen molar-refractivity contribution in [1.29, 1.82) is 0 Å². The zero-order valence-corrected chi connectivity index (χ0v) is 9.95. The maximum atomic E-state index is 11.0. The molecule has 0 fully saturated rings. The Bertz CT molecular complexity index is 333. The maximum Gasteiger partial charge on any atom is 0.307 e. The molecule has 0 unspecified atom stereocenters. The number of rotatable bonds is 5. The zero-order valence-electron chi connectivity index (χ0n) is 8.36. The molecule has 0 radical (unpaired) electrons. The number of ether oxygens (including phenoxy) is 1. The summed E-state index contributed by atoms with van der Waals surface area (Å²) in [6.07, 6.45) is 1.77. The molecule has 0 aromatic carbocycles. The van der Waals surface area contributed by atoms with Gasteiger partial charge in [0.05, 0.1) is 13.0 Å². The SMILES string of the molecule is CCOC(=O)CCNc1cc(Br)ncn1. The Hall–Kier alpha value is -1.17. The fourth-order valence-electron chi connectivity index (χ4n) is 0.956. The Labute approximate surface area is 96.4 Å². The topological polar surface area (TPSA) is 64.1 Å². The van der Waals surface area contributed by atoms with Crippen molar-refractivity contribution in [2.75, 3.05) is 18.5 Å². The van der Waals surface area contributed by atoms with Gasteiger partial charge in [-0.3, -0.25) is 4.79 Å². The second-order valence-electron chi connectivity index (χ2n) is 2.71. The molecule has 82 valence electrons. The number of nitrogens with zero attached hydrogens (tertiary/aromatic N) is 2. The summed E-state index contributed by atoms with van der Waals surface area (Å²) in [7, 11) is 0. The van der Waals surface area contributed by atoms with Gasteiger partial charge in [-0.15, -0.1) is 0 Å². The number of carbonyl (C=O) groups excluding carboxylic acids is 1. The van der Waals surface area contributed by atoms with Crippen molar-refractivity contribution in [2.45, 2.75) is 13.3 Å². The van der Waals surface area contributed by atoms with Crippen LogP contribution in [0.5, 0.6) is 0 Å². The molecule has 1 rings (SSSR count). The molecule has 0 aliphatic rings. The molecule has 1 heterocycles. The number of aromatic nitrogens is 2. The highest BCUT2D eigenvalue weighted by molar-refractivity contribution is 9.10. The molecule has 6 heteroatoms.